The number of ether oxygens (including phenoxy) is 2. The van der Waals surface area contributed by atoms with Gasteiger partial charge in [-0.3, -0.25) is 9.59 Å². The van der Waals surface area contributed by atoms with Gasteiger partial charge >= 0.3 is 5.97 Å². The van der Waals surface area contributed by atoms with E-state index >= 15 is 0 Å². The lowest BCUT2D eigenvalue weighted by Gasteiger charge is -2.45. The molecular formula is C10H14O4. The van der Waals surface area contributed by atoms with Crippen molar-refractivity contribution in [1.29, 1.82) is 0 Å². The lowest BCUT2D eigenvalue weighted by molar-refractivity contribution is -0.177. The first-order chi connectivity index (χ1) is 6.67. The Labute approximate surface area is 82.6 Å². The van der Waals surface area contributed by atoms with Gasteiger partial charge in [0, 0.05) is 6.42 Å². The van der Waals surface area contributed by atoms with Crippen LogP contribution in [-0.4, -0.2) is 31.1 Å². The molecule has 0 amide bonds. The summed E-state index contributed by atoms with van der Waals surface area (Å²) in [6.45, 7) is 0.200. The molecule has 1 spiro atoms. The summed E-state index contributed by atoms with van der Waals surface area (Å²) in [6, 6.07) is 0. The zero-order valence-corrected chi connectivity index (χ0v) is 8.25. The molecule has 78 valence electrons. The van der Waals surface area contributed by atoms with Crippen LogP contribution in [-0.2, 0) is 19.1 Å². The molecule has 2 aliphatic rings. The summed E-state index contributed by atoms with van der Waals surface area (Å²) >= 11 is 0. The number of ketones is 1. The van der Waals surface area contributed by atoms with Crippen LogP contribution in [0.3, 0.4) is 0 Å². The molecule has 1 saturated heterocycles. The Kier molecular flexibility index (Phi) is 2.31. The zero-order chi connectivity index (χ0) is 10.2. The van der Waals surface area contributed by atoms with Crippen molar-refractivity contribution in [2.24, 2.45) is 5.92 Å². The lowest BCUT2D eigenvalue weighted by atomic mass is 9.73. The van der Waals surface area contributed by atoms with Gasteiger partial charge in [-0.15, -0.1) is 0 Å². The first-order valence-corrected chi connectivity index (χ1v) is 4.91. The first kappa shape index (κ1) is 9.65. The van der Waals surface area contributed by atoms with Crippen LogP contribution in [0, 0.1) is 5.92 Å². The lowest BCUT2D eigenvalue weighted by Crippen LogP contribution is -2.50. The predicted octanol–water partition coefficient (Wildman–Crippen LogP) is 0.688. The summed E-state index contributed by atoms with van der Waals surface area (Å²) in [7, 11) is 1.29. The normalized spacial score (nSPS) is 29.8. The molecule has 2 rings (SSSR count). The predicted molar refractivity (Wildman–Crippen MR) is 47.7 cm³/mol. The summed E-state index contributed by atoms with van der Waals surface area (Å²) in [6.07, 6.45) is 3.40. The van der Waals surface area contributed by atoms with Gasteiger partial charge in [-0.1, -0.05) is 0 Å². The SMILES string of the molecule is COC(=O)[C@@H]1COC2(CCC2)CC1=O. The molecule has 0 unspecified atom stereocenters. The van der Waals surface area contributed by atoms with Crippen LogP contribution < -0.4 is 0 Å². The van der Waals surface area contributed by atoms with Gasteiger partial charge in [-0.25, -0.2) is 0 Å². The van der Waals surface area contributed by atoms with Crippen LogP contribution >= 0.6 is 0 Å². The summed E-state index contributed by atoms with van der Waals surface area (Å²) in [5.74, 6) is -1.18. The molecule has 4 nitrogen and oxygen atoms in total. The summed E-state index contributed by atoms with van der Waals surface area (Å²) in [4.78, 5) is 22.8. The van der Waals surface area contributed by atoms with E-state index in [2.05, 4.69) is 4.74 Å². The van der Waals surface area contributed by atoms with Crippen LogP contribution in [0.4, 0.5) is 0 Å². The second-order valence-electron chi connectivity index (χ2n) is 4.07. The van der Waals surface area contributed by atoms with Gasteiger partial charge in [0.1, 0.15) is 5.92 Å². The average Bonchev–Trinajstić information content (AvgIpc) is 2.14. The minimum absolute atomic E-state index is 0.0252. The topological polar surface area (TPSA) is 52.6 Å². The Hall–Kier alpha value is -0.900. The van der Waals surface area contributed by atoms with Crippen LogP contribution in [0.15, 0.2) is 0 Å². The number of hydrogen-bond acceptors (Lipinski definition) is 4. The molecule has 0 aromatic heterocycles. The third kappa shape index (κ3) is 1.43. The Morgan fingerprint density at radius 3 is 2.71 bits per heavy atom. The molecule has 2 fully saturated rings. The second kappa shape index (κ2) is 3.35. The van der Waals surface area contributed by atoms with E-state index in [4.69, 9.17) is 4.74 Å². The van der Waals surface area contributed by atoms with E-state index < -0.39 is 11.9 Å². The van der Waals surface area contributed by atoms with Crippen LogP contribution in [0.25, 0.3) is 0 Å². The van der Waals surface area contributed by atoms with E-state index in [1.807, 2.05) is 0 Å². The van der Waals surface area contributed by atoms with Crippen molar-refractivity contribution in [3.63, 3.8) is 0 Å². The number of hydrogen-bond donors (Lipinski definition) is 0. The van der Waals surface area contributed by atoms with Crippen molar-refractivity contribution in [1.82, 2.24) is 0 Å². The molecule has 4 heteroatoms. The van der Waals surface area contributed by atoms with Crippen LogP contribution in [0.2, 0.25) is 0 Å². The summed E-state index contributed by atoms with van der Waals surface area (Å²) in [5.41, 5.74) is -0.221. The van der Waals surface area contributed by atoms with Gasteiger partial charge < -0.3 is 9.47 Å². The van der Waals surface area contributed by atoms with Gasteiger partial charge in [0.15, 0.2) is 5.78 Å². The van der Waals surface area contributed by atoms with Gasteiger partial charge in [0.2, 0.25) is 0 Å². The molecule has 1 aliphatic carbocycles. The Bertz CT molecular complexity index is 267. The monoisotopic (exact) mass is 198 g/mol. The molecule has 14 heavy (non-hydrogen) atoms. The first-order valence-electron chi connectivity index (χ1n) is 4.91. The highest BCUT2D eigenvalue weighted by Gasteiger charge is 2.47. The smallest absolute Gasteiger partial charge is 0.318 e. The molecule has 0 radical (unpaired) electrons. The Morgan fingerprint density at radius 2 is 2.29 bits per heavy atom. The molecule has 1 aliphatic heterocycles. The maximum Gasteiger partial charge on any atom is 0.318 e. The van der Waals surface area contributed by atoms with Crippen LogP contribution in [0.1, 0.15) is 25.7 Å². The largest absolute Gasteiger partial charge is 0.468 e. The van der Waals surface area contributed by atoms with Gasteiger partial charge in [0.05, 0.1) is 19.3 Å². The van der Waals surface area contributed by atoms with Gasteiger partial charge in [0.25, 0.3) is 0 Å². The molecule has 0 N–H and O–H groups in total. The minimum Gasteiger partial charge on any atom is -0.468 e. The van der Waals surface area contributed by atoms with E-state index in [1.165, 1.54) is 7.11 Å². The third-order valence-corrected chi connectivity index (χ3v) is 3.19. The molecule has 1 atom stereocenters. The number of carbonyl (C=O) groups excluding carboxylic acids is 2. The van der Waals surface area contributed by atoms with E-state index in [9.17, 15) is 9.59 Å². The number of rotatable bonds is 1. The number of carbonyl (C=O) groups is 2. The van der Waals surface area contributed by atoms with E-state index in [0.29, 0.717) is 6.42 Å². The number of esters is 1. The number of Topliss-reactive ketones (excluding diaryl/α,β-unsaturated/α-hetero) is 1. The average molecular weight is 198 g/mol. The summed E-state index contributed by atoms with van der Waals surface area (Å²) < 4.78 is 10.1. The quantitative estimate of drug-likeness (QED) is 0.459. The highest BCUT2D eigenvalue weighted by molar-refractivity contribution is 6.00. The van der Waals surface area contributed by atoms with Crippen molar-refractivity contribution in [2.45, 2.75) is 31.3 Å². The Balaban J connectivity index is 2.00. The molecule has 1 saturated carbocycles. The zero-order valence-electron chi connectivity index (χ0n) is 8.25. The highest BCUT2D eigenvalue weighted by Crippen LogP contribution is 2.42. The summed E-state index contributed by atoms with van der Waals surface area (Å²) in [5, 5.41) is 0. The van der Waals surface area contributed by atoms with Gasteiger partial charge in [-0.2, -0.15) is 0 Å². The van der Waals surface area contributed by atoms with Crippen molar-refractivity contribution in [3.05, 3.63) is 0 Å². The highest BCUT2D eigenvalue weighted by atomic mass is 16.5. The van der Waals surface area contributed by atoms with Crippen LogP contribution in [0.5, 0.6) is 0 Å². The number of methoxy groups -OCH3 is 1. The van der Waals surface area contributed by atoms with E-state index in [-0.39, 0.29) is 18.0 Å². The Morgan fingerprint density at radius 1 is 1.57 bits per heavy atom. The molecule has 0 aromatic rings. The van der Waals surface area contributed by atoms with Gasteiger partial charge in [-0.05, 0) is 19.3 Å². The van der Waals surface area contributed by atoms with Crippen molar-refractivity contribution in [3.8, 4) is 0 Å². The standard InChI is InChI=1S/C10H14O4/c1-13-9(12)7-6-14-10(3-2-4-10)5-8(7)11/h7H,2-6H2,1H3/t7-/m1/s1. The van der Waals surface area contributed by atoms with E-state index in [0.717, 1.165) is 19.3 Å². The minimum atomic E-state index is -0.689. The van der Waals surface area contributed by atoms with E-state index in [1.54, 1.807) is 0 Å². The maximum atomic E-state index is 11.6. The van der Waals surface area contributed by atoms with Crippen molar-refractivity contribution in [2.75, 3.05) is 13.7 Å². The fourth-order valence-electron chi connectivity index (χ4n) is 2.08. The fourth-order valence-corrected chi connectivity index (χ4v) is 2.08. The van der Waals surface area contributed by atoms with Crippen molar-refractivity contribution < 1.29 is 19.1 Å². The van der Waals surface area contributed by atoms with Crippen molar-refractivity contribution >= 4 is 11.8 Å². The molecule has 0 bridgehead atoms. The maximum absolute atomic E-state index is 11.6. The molecular weight excluding hydrogens is 184 g/mol. The molecule has 0 aromatic carbocycles. The fraction of sp³-hybridized carbons (Fsp3) is 0.800. The second-order valence-corrected chi connectivity index (χ2v) is 4.07. The molecule has 1 heterocycles. The third-order valence-electron chi connectivity index (χ3n) is 3.19.